The molecule has 0 bridgehead atoms. The fourth-order valence-corrected chi connectivity index (χ4v) is 5.10. The van der Waals surface area contributed by atoms with Gasteiger partial charge in [-0.1, -0.05) is 85.8 Å². The third kappa shape index (κ3) is 11.8. The Balaban J connectivity index is 0.000000301. The van der Waals surface area contributed by atoms with Gasteiger partial charge in [0, 0.05) is 24.1 Å². The number of aliphatic hydroxyl groups excluding tert-OH is 1. The largest absolute Gasteiger partial charge is 0.512 e. The van der Waals surface area contributed by atoms with E-state index in [2.05, 4.69) is 39.7 Å². The molecule has 8 nitrogen and oxygen atoms in total. The van der Waals surface area contributed by atoms with Gasteiger partial charge in [-0.25, -0.2) is 5.84 Å². The maximum Gasteiger partial charge on any atom is 0.211 e. The summed E-state index contributed by atoms with van der Waals surface area (Å²) in [5.74, 6) is 19.6. The van der Waals surface area contributed by atoms with Gasteiger partial charge in [0.15, 0.2) is 0 Å². The highest BCUT2D eigenvalue weighted by molar-refractivity contribution is 8.14. The number of hydrazine groups is 1. The highest BCUT2D eigenvalue weighted by Gasteiger charge is 2.24. The first-order chi connectivity index (χ1) is 21.1. The van der Waals surface area contributed by atoms with E-state index in [9.17, 15) is 9.90 Å². The first-order valence-corrected chi connectivity index (χ1v) is 16.4. The van der Waals surface area contributed by atoms with Gasteiger partial charge in [-0.15, -0.1) is 0 Å². The average Bonchev–Trinajstić information content (AvgIpc) is 3.87. The number of aliphatic hydroxyl groups is 1. The second-order valence-corrected chi connectivity index (χ2v) is 12.3. The van der Waals surface area contributed by atoms with Crippen molar-refractivity contribution in [2.45, 2.75) is 71.8 Å². The van der Waals surface area contributed by atoms with Crippen molar-refractivity contribution in [3.8, 4) is 11.8 Å². The number of nitrogens with two attached hydrogens (primary N) is 2. The van der Waals surface area contributed by atoms with Crippen LogP contribution in [0, 0.1) is 11.8 Å². The summed E-state index contributed by atoms with van der Waals surface area (Å²) in [6, 6.07) is 11.2. The van der Waals surface area contributed by atoms with Crippen LogP contribution in [0.15, 0.2) is 65.0 Å². The minimum Gasteiger partial charge on any atom is -0.512 e. The number of halogens is 2. The summed E-state index contributed by atoms with van der Waals surface area (Å²) < 4.78 is 0. The molecule has 2 aliphatic rings. The summed E-state index contributed by atoms with van der Waals surface area (Å²) in [5.41, 5.74) is 3.82. The van der Waals surface area contributed by atoms with Crippen LogP contribution < -0.4 is 27.3 Å². The number of nitrogens with zero attached hydrogens (tertiary/aromatic N) is 2. The summed E-state index contributed by atoms with van der Waals surface area (Å²) in [4.78, 5) is 10.5. The van der Waals surface area contributed by atoms with Crippen LogP contribution in [0.5, 0.6) is 0 Å². The number of allylic oxidation sites excluding steroid dienone is 2. The Hall–Kier alpha value is -3.13. The lowest BCUT2D eigenvalue weighted by Crippen LogP contribution is -2.39. The molecule has 1 fully saturated rings. The maximum absolute atomic E-state index is 10.5. The van der Waals surface area contributed by atoms with Gasteiger partial charge in [-0.3, -0.25) is 15.1 Å². The van der Waals surface area contributed by atoms with E-state index in [1.54, 1.807) is 18.2 Å². The lowest BCUT2D eigenvalue weighted by atomic mass is 10.0. The predicted molar refractivity (Wildman–Crippen MR) is 189 cm³/mol. The van der Waals surface area contributed by atoms with Gasteiger partial charge in [-0.05, 0) is 80.7 Å². The number of rotatable bonds is 8. The number of hydrogen-bond acceptors (Lipinski definition) is 7. The molecule has 0 heterocycles. The Morgan fingerprint density at radius 2 is 1.93 bits per heavy atom. The number of hydrogen-bond donors (Lipinski definition) is 5. The van der Waals surface area contributed by atoms with Crippen LogP contribution in [0.2, 0.25) is 10.0 Å². The quantitative estimate of drug-likeness (QED) is 0.0491. The molecule has 11 heteroatoms. The number of amidine groups is 1. The van der Waals surface area contributed by atoms with E-state index in [1.165, 1.54) is 35.2 Å². The van der Waals surface area contributed by atoms with Gasteiger partial charge >= 0.3 is 0 Å². The van der Waals surface area contributed by atoms with Crippen LogP contribution in [0.4, 0.5) is 11.4 Å². The molecular weight excluding hydrogens is 615 g/mol. The molecule has 238 valence electrons. The number of benzene rings is 2. The number of anilines is 2. The van der Waals surface area contributed by atoms with Crippen molar-refractivity contribution in [1.29, 1.82) is 0 Å². The number of nitrogens with one attached hydrogen (secondary N) is 2. The van der Waals surface area contributed by atoms with E-state index in [0.29, 0.717) is 52.0 Å². The number of thioether (sulfide) groups is 1. The molecule has 0 unspecified atom stereocenters. The van der Waals surface area contributed by atoms with Gasteiger partial charge in [0.1, 0.15) is 0 Å². The van der Waals surface area contributed by atoms with Crippen molar-refractivity contribution in [2.24, 2.45) is 16.8 Å². The average molecular weight is 660 g/mol. The van der Waals surface area contributed by atoms with Crippen LogP contribution in [0.25, 0.3) is 0 Å². The van der Waals surface area contributed by atoms with Gasteiger partial charge in [0.2, 0.25) is 11.6 Å². The summed E-state index contributed by atoms with van der Waals surface area (Å²) in [7, 11) is 0. The van der Waals surface area contributed by atoms with Gasteiger partial charge in [0.25, 0.3) is 0 Å². The lowest BCUT2D eigenvalue weighted by molar-refractivity contribution is -0.105. The zero-order valence-electron chi connectivity index (χ0n) is 26.1. The van der Waals surface area contributed by atoms with E-state index < -0.39 is 5.54 Å². The molecule has 0 spiro atoms. The molecule has 44 heavy (non-hydrogen) atoms. The van der Waals surface area contributed by atoms with Gasteiger partial charge < -0.3 is 16.3 Å². The van der Waals surface area contributed by atoms with E-state index in [0.717, 1.165) is 29.0 Å². The van der Waals surface area contributed by atoms with Crippen molar-refractivity contribution < 1.29 is 9.90 Å². The highest BCUT2D eigenvalue weighted by atomic mass is 35.5. The number of hydrazone groups is 1. The Morgan fingerprint density at radius 3 is 2.50 bits per heavy atom. The van der Waals surface area contributed by atoms with E-state index >= 15 is 0 Å². The van der Waals surface area contributed by atoms with Crippen molar-refractivity contribution in [3.63, 3.8) is 0 Å². The van der Waals surface area contributed by atoms with Gasteiger partial charge in [0.05, 0.1) is 32.7 Å². The minimum absolute atomic E-state index is 0.426. The fraction of sp³-hybridized carbons (Fsp3) is 0.394. The van der Waals surface area contributed by atoms with Crippen LogP contribution in [0.1, 0.15) is 77.3 Å². The first kappa shape index (κ1) is 37.1. The second kappa shape index (κ2) is 18.6. The summed E-state index contributed by atoms with van der Waals surface area (Å²) in [6.45, 7) is 10.5. The topological polar surface area (TPSA) is 129 Å². The van der Waals surface area contributed by atoms with Crippen molar-refractivity contribution in [2.75, 3.05) is 22.6 Å². The van der Waals surface area contributed by atoms with E-state index in [-0.39, 0.29) is 0 Å². The number of carbonyl (C=O) groups excluding carboxylic acids is 1. The van der Waals surface area contributed by atoms with E-state index in [1.807, 2.05) is 52.8 Å². The lowest BCUT2D eigenvalue weighted by Gasteiger charge is -2.21. The van der Waals surface area contributed by atoms with Crippen molar-refractivity contribution >= 4 is 57.9 Å². The summed E-state index contributed by atoms with van der Waals surface area (Å²) in [6.07, 6.45) is 8.68. The number of carbonyl (C=O) groups is 1. The molecule has 7 N–H and O–H groups in total. The molecule has 2 aromatic rings. The van der Waals surface area contributed by atoms with Crippen molar-refractivity contribution in [3.05, 3.63) is 81.1 Å². The number of amides is 1. The maximum atomic E-state index is 10.5. The minimum atomic E-state index is -0.426. The standard InChI is InChI=1S/C19H21ClN2O2.C12H17ClN4S.C2H6/c1-19(2,22-12-15-5-3-4-6-18(15)24)10-9-14-7-8-17(21-13-23)16(20)11-14;1-2-18-12(16-14)17(15)11-6-5-9(7-10(11)13)8-3-4-8;1-2/h3,5,7-8,11,13,22,24H,4,6,12H2,1-2H3,(H,21,23);5-8H,2-4,14-15H2,1H3;1-2H3/b;16-12+;. The zero-order valence-corrected chi connectivity index (χ0v) is 28.4. The molecule has 0 atom stereocenters. The molecule has 2 aromatic carbocycles. The predicted octanol–water partition coefficient (Wildman–Crippen LogP) is 7.70. The molecule has 0 saturated heterocycles. The normalized spacial score (nSPS) is 14.3. The Labute approximate surface area is 276 Å². The van der Waals surface area contributed by atoms with Crippen LogP contribution in [0.3, 0.4) is 0 Å². The molecule has 0 aromatic heterocycles. The Morgan fingerprint density at radius 1 is 1.20 bits per heavy atom. The molecule has 0 radical (unpaired) electrons. The SMILES string of the molecule is CC.CC(C)(C#Cc1ccc(NC=O)c(Cl)c1)NCC1=C(O)CCC=C1.CCS/C(=N/N)N(N)c1ccc(C2CC2)cc1Cl. The monoisotopic (exact) mass is 658 g/mol. The smallest absolute Gasteiger partial charge is 0.211 e. The fourth-order valence-electron chi connectivity index (χ4n) is 4.02. The second-order valence-electron chi connectivity index (χ2n) is 10.3. The van der Waals surface area contributed by atoms with Gasteiger partial charge in [-0.2, -0.15) is 5.10 Å². The summed E-state index contributed by atoms with van der Waals surface area (Å²) in [5, 5.41) is 22.5. The van der Waals surface area contributed by atoms with Crippen LogP contribution in [-0.2, 0) is 4.79 Å². The third-order valence-corrected chi connectivity index (χ3v) is 8.00. The zero-order chi connectivity index (χ0) is 32.7. The molecule has 0 aliphatic heterocycles. The van der Waals surface area contributed by atoms with E-state index in [4.69, 9.17) is 34.9 Å². The summed E-state index contributed by atoms with van der Waals surface area (Å²) >= 11 is 13.8. The molecule has 1 amide bonds. The Bertz CT molecular complexity index is 1410. The first-order valence-electron chi connectivity index (χ1n) is 14.7. The molecule has 2 aliphatic carbocycles. The Kier molecular flexibility index (Phi) is 15.7. The molecular formula is C33H44Cl2N6O2S. The van der Waals surface area contributed by atoms with Crippen LogP contribution in [-0.4, -0.2) is 34.5 Å². The molecule has 1 saturated carbocycles. The van der Waals surface area contributed by atoms with Crippen molar-refractivity contribution in [1.82, 2.24) is 5.32 Å². The molecule has 4 rings (SSSR count). The van der Waals surface area contributed by atoms with Crippen LogP contribution >= 0.6 is 35.0 Å². The highest BCUT2D eigenvalue weighted by Crippen LogP contribution is 2.42. The third-order valence-electron chi connectivity index (χ3n) is 6.53.